The Morgan fingerprint density at radius 2 is 1.43 bits per heavy atom. The number of nitrogens with zero attached hydrogens (tertiary/aromatic N) is 2. The number of hydrogen-bond acceptors (Lipinski definition) is 6. The first-order valence-electron chi connectivity index (χ1n) is 10.2. The van der Waals surface area contributed by atoms with Gasteiger partial charge in [-0.2, -0.15) is 13.2 Å². The number of pyridine rings is 1. The van der Waals surface area contributed by atoms with Crippen LogP contribution in [-0.4, -0.2) is 25.3 Å². The first-order valence-corrected chi connectivity index (χ1v) is 12.8. The molecule has 4 rings (SSSR count). The minimum atomic E-state index is -4.89. The van der Waals surface area contributed by atoms with Crippen LogP contribution in [0.25, 0.3) is 0 Å². The average Bonchev–Trinajstić information content (AvgIpc) is 3.32. The predicted molar refractivity (Wildman–Crippen MR) is 128 cm³/mol. The number of anilines is 1. The number of halogens is 3. The largest absolute Gasteiger partial charge is 0.457 e. The smallest absolute Gasteiger partial charge is 0.404 e. The van der Waals surface area contributed by atoms with Crippen molar-refractivity contribution >= 4 is 27.0 Å². The SMILES string of the molecule is O=S(=O)(CC(F)(F)F)N(Cc1ccccn1)c1ccc(Oc2ccc(Oc3ccsc3)cc2)cc1. The van der Waals surface area contributed by atoms with Gasteiger partial charge in [-0.15, -0.1) is 11.3 Å². The van der Waals surface area contributed by atoms with Crippen molar-refractivity contribution in [2.24, 2.45) is 0 Å². The third-order valence-corrected chi connectivity index (χ3v) is 6.99. The molecule has 0 unspecified atom stereocenters. The highest BCUT2D eigenvalue weighted by molar-refractivity contribution is 7.92. The Kier molecular flexibility index (Phi) is 7.27. The Hall–Kier alpha value is -3.57. The normalized spacial score (nSPS) is 11.7. The van der Waals surface area contributed by atoms with E-state index in [2.05, 4.69) is 4.98 Å². The van der Waals surface area contributed by atoms with Crippen molar-refractivity contribution in [3.8, 4) is 23.0 Å². The van der Waals surface area contributed by atoms with Gasteiger partial charge in [0.15, 0.2) is 5.75 Å². The molecule has 35 heavy (non-hydrogen) atoms. The van der Waals surface area contributed by atoms with Crippen LogP contribution in [0.1, 0.15) is 5.69 Å². The molecule has 0 amide bonds. The van der Waals surface area contributed by atoms with E-state index in [9.17, 15) is 21.6 Å². The van der Waals surface area contributed by atoms with E-state index < -0.39 is 22.0 Å². The summed E-state index contributed by atoms with van der Waals surface area (Å²) in [5, 5.41) is 3.78. The predicted octanol–water partition coefficient (Wildman–Crippen LogP) is 6.63. The standard InChI is InChI=1S/C24H19F3N2O4S2/c25-24(26,27)17-35(30,31)29(15-18-3-1-2-13-28-18)19-4-6-20(7-5-19)32-21-8-10-22(11-9-21)33-23-12-14-34-16-23/h1-14,16H,15,17H2. The maximum Gasteiger partial charge on any atom is 0.404 e. The van der Waals surface area contributed by atoms with Crippen LogP contribution in [0.2, 0.25) is 0 Å². The second-order valence-electron chi connectivity index (χ2n) is 7.33. The number of benzene rings is 2. The molecule has 11 heteroatoms. The van der Waals surface area contributed by atoms with Gasteiger partial charge in [-0.05, 0) is 72.1 Å². The Labute approximate surface area is 204 Å². The number of hydrogen-bond donors (Lipinski definition) is 0. The van der Waals surface area contributed by atoms with Crippen LogP contribution in [-0.2, 0) is 16.6 Å². The van der Waals surface area contributed by atoms with Gasteiger partial charge < -0.3 is 9.47 Å². The zero-order valence-corrected chi connectivity index (χ0v) is 19.7. The second-order valence-corrected chi connectivity index (χ2v) is 10.0. The highest BCUT2D eigenvalue weighted by Gasteiger charge is 2.38. The fraction of sp³-hybridized carbons (Fsp3) is 0.125. The maximum atomic E-state index is 13.0. The van der Waals surface area contributed by atoms with Crippen molar-refractivity contribution in [1.29, 1.82) is 0 Å². The van der Waals surface area contributed by atoms with Crippen molar-refractivity contribution in [3.63, 3.8) is 0 Å². The van der Waals surface area contributed by atoms with Gasteiger partial charge in [-0.1, -0.05) is 6.07 Å². The van der Waals surface area contributed by atoms with Crippen molar-refractivity contribution in [3.05, 3.63) is 95.4 Å². The van der Waals surface area contributed by atoms with Gasteiger partial charge in [0.25, 0.3) is 0 Å². The van der Waals surface area contributed by atoms with Crippen LogP contribution < -0.4 is 13.8 Å². The minimum Gasteiger partial charge on any atom is -0.457 e. The molecule has 2 heterocycles. The van der Waals surface area contributed by atoms with Crippen molar-refractivity contribution in [1.82, 2.24) is 4.98 Å². The maximum absolute atomic E-state index is 13.0. The van der Waals surface area contributed by atoms with Gasteiger partial charge in [0.2, 0.25) is 10.0 Å². The van der Waals surface area contributed by atoms with Crippen LogP contribution in [0, 0.1) is 0 Å². The summed E-state index contributed by atoms with van der Waals surface area (Å²) in [7, 11) is -4.72. The first kappa shape index (κ1) is 24.6. The van der Waals surface area contributed by atoms with E-state index in [1.54, 1.807) is 42.5 Å². The lowest BCUT2D eigenvalue weighted by Gasteiger charge is -2.25. The van der Waals surface area contributed by atoms with E-state index in [0.29, 0.717) is 27.2 Å². The summed E-state index contributed by atoms with van der Waals surface area (Å²) in [5.74, 6) is 0.267. The zero-order chi connectivity index (χ0) is 24.9. The van der Waals surface area contributed by atoms with Crippen LogP contribution in [0.5, 0.6) is 23.0 Å². The Morgan fingerprint density at radius 1 is 0.829 bits per heavy atom. The van der Waals surface area contributed by atoms with Crippen LogP contribution >= 0.6 is 11.3 Å². The topological polar surface area (TPSA) is 68.7 Å². The fourth-order valence-electron chi connectivity index (χ4n) is 3.11. The van der Waals surface area contributed by atoms with Gasteiger partial charge in [0, 0.05) is 11.6 Å². The number of sulfonamides is 1. The monoisotopic (exact) mass is 520 g/mol. The Balaban J connectivity index is 1.50. The Morgan fingerprint density at radius 3 is 1.94 bits per heavy atom. The number of rotatable bonds is 9. The molecular formula is C24H19F3N2O4S2. The quantitative estimate of drug-likeness (QED) is 0.248. The van der Waals surface area contributed by atoms with E-state index in [-0.39, 0.29) is 12.2 Å². The molecule has 182 valence electrons. The molecule has 6 nitrogen and oxygen atoms in total. The first-order chi connectivity index (χ1) is 16.7. The summed E-state index contributed by atoms with van der Waals surface area (Å²) in [6.07, 6.45) is -3.44. The van der Waals surface area contributed by atoms with Gasteiger partial charge in [-0.3, -0.25) is 9.29 Å². The molecule has 0 aliphatic carbocycles. The highest BCUT2D eigenvalue weighted by Crippen LogP contribution is 2.31. The van der Waals surface area contributed by atoms with Gasteiger partial charge >= 0.3 is 6.18 Å². The van der Waals surface area contributed by atoms with Gasteiger partial charge in [-0.25, -0.2) is 8.42 Å². The summed E-state index contributed by atoms with van der Waals surface area (Å²) < 4.78 is 76.2. The molecule has 0 aliphatic rings. The van der Waals surface area contributed by atoms with Crippen LogP contribution in [0.4, 0.5) is 18.9 Å². The van der Waals surface area contributed by atoms with Gasteiger partial charge in [0.05, 0.1) is 17.9 Å². The van der Waals surface area contributed by atoms with Crippen LogP contribution in [0.3, 0.4) is 0 Å². The van der Waals surface area contributed by atoms with E-state index in [4.69, 9.17) is 9.47 Å². The molecule has 0 saturated carbocycles. The molecule has 0 aliphatic heterocycles. The van der Waals surface area contributed by atoms with Crippen molar-refractivity contribution in [2.45, 2.75) is 12.7 Å². The summed E-state index contributed by atoms with van der Waals surface area (Å²) in [4.78, 5) is 4.04. The van der Waals surface area contributed by atoms with Crippen LogP contribution in [0.15, 0.2) is 89.8 Å². The lowest BCUT2D eigenvalue weighted by Crippen LogP contribution is -2.37. The molecule has 0 spiro atoms. The van der Waals surface area contributed by atoms with E-state index in [1.165, 1.54) is 41.8 Å². The summed E-state index contributed by atoms with van der Waals surface area (Å²) in [5.41, 5.74) is 0.370. The lowest BCUT2D eigenvalue weighted by molar-refractivity contribution is -0.106. The molecule has 0 fully saturated rings. The Bertz CT molecular complexity index is 1330. The molecule has 2 aromatic carbocycles. The van der Waals surface area contributed by atoms with Crippen molar-refractivity contribution < 1.29 is 31.1 Å². The molecule has 0 atom stereocenters. The van der Waals surface area contributed by atoms with Gasteiger partial charge in [0.1, 0.15) is 23.0 Å². The average molecular weight is 521 g/mol. The fourth-order valence-corrected chi connectivity index (χ4v) is 5.01. The molecule has 0 bridgehead atoms. The molecule has 0 radical (unpaired) electrons. The summed E-state index contributed by atoms with van der Waals surface area (Å²) in [6.45, 7) is -0.342. The summed E-state index contributed by atoms with van der Waals surface area (Å²) in [6, 6.07) is 19.3. The van der Waals surface area contributed by atoms with Crippen molar-refractivity contribution in [2.75, 3.05) is 10.1 Å². The number of ether oxygens (including phenoxy) is 2. The molecular weight excluding hydrogens is 501 g/mol. The number of thiophene rings is 1. The zero-order valence-electron chi connectivity index (χ0n) is 18.1. The molecule has 2 aromatic heterocycles. The number of aromatic nitrogens is 1. The highest BCUT2D eigenvalue weighted by atomic mass is 32.2. The second kappa shape index (κ2) is 10.4. The molecule has 4 aromatic rings. The number of alkyl halides is 3. The minimum absolute atomic E-state index is 0.0618. The third-order valence-electron chi connectivity index (χ3n) is 4.63. The molecule has 0 saturated heterocycles. The van der Waals surface area contributed by atoms with E-state index in [1.807, 2.05) is 16.8 Å². The van der Waals surface area contributed by atoms with E-state index in [0.717, 1.165) is 5.75 Å². The summed E-state index contributed by atoms with van der Waals surface area (Å²) >= 11 is 1.52. The molecule has 0 N–H and O–H groups in total. The lowest BCUT2D eigenvalue weighted by atomic mass is 10.2. The van der Waals surface area contributed by atoms with E-state index >= 15 is 0 Å². The third kappa shape index (κ3) is 6.96.